The Balaban J connectivity index is 2.04. The molecule has 1 aromatic heterocycles. The van der Waals surface area contributed by atoms with Gasteiger partial charge in [-0.05, 0) is 48.3 Å². The van der Waals surface area contributed by atoms with Gasteiger partial charge in [0.2, 0.25) is 0 Å². The van der Waals surface area contributed by atoms with Crippen LogP contribution in [-0.4, -0.2) is 5.11 Å². The molecule has 0 bridgehead atoms. The first-order valence-corrected chi connectivity index (χ1v) is 7.15. The monoisotopic (exact) mass is 288 g/mol. The van der Waals surface area contributed by atoms with Crippen LogP contribution in [0.15, 0.2) is 41.0 Å². The molecule has 0 radical (unpaired) electrons. The molecule has 3 nitrogen and oxygen atoms in total. The second-order valence-corrected chi connectivity index (χ2v) is 5.49. The van der Waals surface area contributed by atoms with Gasteiger partial charge in [0.05, 0.1) is 12.8 Å². The van der Waals surface area contributed by atoms with Crippen LogP contribution >= 0.6 is 12.2 Å². The van der Waals surface area contributed by atoms with E-state index in [-0.39, 0.29) is 0 Å². The maximum atomic E-state index is 5.35. The van der Waals surface area contributed by atoms with E-state index in [1.165, 1.54) is 11.1 Å². The van der Waals surface area contributed by atoms with Gasteiger partial charge in [-0.1, -0.05) is 32.0 Å². The van der Waals surface area contributed by atoms with E-state index in [0.717, 1.165) is 11.4 Å². The zero-order valence-electron chi connectivity index (χ0n) is 12.1. The van der Waals surface area contributed by atoms with Gasteiger partial charge in [-0.15, -0.1) is 0 Å². The average Bonchev–Trinajstić information content (AvgIpc) is 2.91. The molecule has 4 heteroatoms. The minimum Gasteiger partial charge on any atom is -0.467 e. The van der Waals surface area contributed by atoms with Gasteiger partial charge in [0.15, 0.2) is 5.11 Å². The van der Waals surface area contributed by atoms with Crippen molar-refractivity contribution in [2.75, 3.05) is 5.32 Å². The van der Waals surface area contributed by atoms with Crippen LogP contribution in [0.1, 0.15) is 36.7 Å². The van der Waals surface area contributed by atoms with Gasteiger partial charge in [0.25, 0.3) is 0 Å². The topological polar surface area (TPSA) is 37.2 Å². The number of thiocarbonyl (C=S) groups is 1. The molecule has 0 aliphatic rings. The molecule has 0 saturated carbocycles. The molecule has 2 aromatic rings. The largest absolute Gasteiger partial charge is 0.467 e. The van der Waals surface area contributed by atoms with Crippen LogP contribution in [-0.2, 0) is 6.54 Å². The number of hydrogen-bond donors (Lipinski definition) is 2. The highest BCUT2D eigenvalue weighted by Gasteiger charge is 2.10. The molecule has 1 heterocycles. The average molecular weight is 288 g/mol. The Kier molecular flexibility index (Phi) is 4.79. The molecule has 106 valence electrons. The number of para-hydroxylation sites is 1. The quantitative estimate of drug-likeness (QED) is 0.827. The van der Waals surface area contributed by atoms with E-state index in [1.807, 2.05) is 12.1 Å². The SMILES string of the molecule is Cc1cccc(C(C)C)c1NC(=S)NCc1ccco1. The summed E-state index contributed by atoms with van der Waals surface area (Å²) >= 11 is 5.35. The van der Waals surface area contributed by atoms with Gasteiger partial charge in [0, 0.05) is 5.69 Å². The number of hydrogen-bond acceptors (Lipinski definition) is 2. The van der Waals surface area contributed by atoms with Crippen LogP contribution < -0.4 is 10.6 Å². The van der Waals surface area contributed by atoms with E-state index < -0.39 is 0 Å². The van der Waals surface area contributed by atoms with E-state index in [1.54, 1.807) is 6.26 Å². The van der Waals surface area contributed by atoms with Crippen molar-refractivity contribution in [1.29, 1.82) is 0 Å². The van der Waals surface area contributed by atoms with E-state index >= 15 is 0 Å². The lowest BCUT2D eigenvalue weighted by Crippen LogP contribution is -2.28. The Morgan fingerprint density at radius 3 is 2.70 bits per heavy atom. The second kappa shape index (κ2) is 6.57. The van der Waals surface area contributed by atoms with Gasteiger partial charge in [-0.3, -0.25) is 0 Å². The molecule has 0 aliphatic carbocycles. The molecule has 1 aromatic carbocycles. The zero-order valence-corrected chi connectivity index (χ0v) is 12.9. The highest BCUT2D eigenvalue weighted by atomic mass is 32.1. The van der Waals surface area contributed by atoms with Gasteiger partial charge in [-0.2, -0.15) is 0 Å². The fourth-order valence-electron chi connectivity index (χ4n) is 2.08. The molecule has 0 aliphatic heterocycles. The van der Waals surface area contributed by atoms with E-state index in [2.05, 4.69) is 49.6 Å². The summed E-state index contributed by atoms with van der Waals surface area (Å²) in [5.41, 5.74) is 3.56. The van der Waals surface area contributed by atoms with Crippen molar-refractivity contribution < 1.29 is 4.42 Å². The molecular weight excluding hydrogens is 268 g/mol. The molecule has 0 amide bonds. The van der Waals surface area contributed by atoms with E-state index in [0.29, 0.717) is 17.6 Å². The van der Waals surface area contributed by atoms with Crippen LogP contribution in [0.25, 0.3) is 0 Å². The summed E-state index contributed by atoms with van der Waals surface area (Å²) in [6, 6.07) is 10.1. The van der Waals surface area contributed by atoms with Gasteiger partial charge in [0.1, 0.15) is 5.76 Å². The molecule has 2 N–H and O–H groups in total. The third kappa shape index (κ3) is 3.61. The Morgan fingerprint density at radius 2 is 2.05 bits per heavy atom. The van der Waals surface area contributed by atoms with E-state index in [9.17, 15) is 0 Å². The minimum absolute atomic E-state index is 0.449. The molecule has 0 fully saturated rings. The summed E-state index contributed by atoms with van der Waals surface area (Å²) < 4.78 is 5.27. The lowest BCUT2D eigenvalue weighted by atomic mass is 9.98. The predicted octanol–water partition coefficient (Wildman–Crippen LogP) is 4.20. The third-order valence-electron chi connectivity index (χ3n) is 3.17. The van der Waals surface area contributed by atoms with Crippen molar-refractivity contribution in [3.05, 3.63) is 53.5 Å². The highest BCUT2D eigenvalue weighted by Crippen LogP contribution is 2.27. The standard InChI is InChI=1S/C16H20N2OS/c1-11(2)14-8-4-6-12(3)15(14)18-16(20)17-10-13-7-5-9-19-13/h4-9,11H,10H2,1-3H3,(H2,17,18,20). The predicted molar refractivity (Wildman–Crippen MR) is 87.0 cm³/mol. The van der Waals surface area contributed by atoms with Crippen molar-refractivity contribution in [1.82, 2.24) is 5.32 Å². The molecule has 0 unspecified atom stereocenters. The molecule has 20 heavy (non-hydrogen) atoms. The number of anilines is 1. The Labute approximate surface area is 125 Å². The maximum absolute atomic E-state index is 5.35. The van der Waals surface area contributed by atoms with Crippen molar-refractivity contribution in [3.63, 3.8) is 0 Å². The van der Waals surface area contributed by atoms with Gasteiger partial charge < -0.3 is 15.1 Å². The summed E-state index contributed by atoms with van der Waals surface area (Å²) in [5, 5.41) is 7.06. The van der Waals surface area contributed by atoms with Crippen LogP contribution in [0.5, 0.6) is 0 Å². The molecule has 0 atom stereocenters. The number of benzene rings is 1. The van der Waals surface area contributed by atoms with Crippen LogP contribution in [0.3, 0.4) is 0 Å². The Hall–Kier alpha value is -1.81. The molecule has 0 saturated heterocycles. The highest BCUT2D eigenvalue weighted by molar-refractivity contribution is 7.80. The first-order chi connectivity index (χ1) is 9.58. The fraction of sp³-hybridized carbons (Fsp3) is 0.312. The van der Waals surface area contributed by atoms with Gasteiger partial charge in [-0.25, -0.2) is 0 Å². The first-order valence-electron chi connectivity index (χ1n) is 6.74. The van der Waals surface area contributed by atoms with Crippen molar-refractivity contribution >= 4 is 23.0 Å². The molecular formula is C16H20N2OS. The third-order valence-corrected chi connectivity index (χ3v) is 3.42. The lowest BCUT2D eigenvalue weighted by molar-refractivity contribution is 0.503. The van der Waals surface area contributed by atoms with Gasteiger partial charge >= 0.3 is 0 Å². The van der Waals surface area contributed by atoms with Crippen molar-refractivity contribution in [2.45, 2.75) is 33.2 Å². The maximum Gasteiger partial charge on any atom is 0.171 e. The first kappa shape index (κ1) is 14.6. The van der Waals surface area contributed by atoms with E-state index in [4.69, 9.17) is 16.6 Å². The van der Waals surface area contributed by atoms with Crippen molar-refractivity contribution in [2.24, 2.45) is 0 Å². The number of aryl methyl sites for hydroxylation is 1. The summed E-state index contributed by atoms with van der Waals surface area (Å²) in [6.07, 6.45) is 1.66. The van der Waals surface area contributed by atoms with Crippen LogP contribution in [0.2, 0.25) is 0 Å². The van der Waals surface area contributed by atoms with Crippen molar-refractivity contribution in [3.8, 4) is 0 Å². The number of furan rings is 1. The Bertz CT molecular complexity index is 576. The minimum atomic E-state index is 0.449. The summed E-state index contributed by atoms with van der Waals surface area (Å²) in [4.78, 5) is 0. The fourth-order valence-corrected chi connectivity index (χ4v) is 2.25. The second-order valence-electron chi connectivity index (χ2n) is 5.08. The molecule has 2 rings (SSSR count). The van der Waals surface area contributed by atoms with Crippen LogP contribution in [0.4, 0.5) is 5.69 Å². The lowest BCUT2D eigenvalue weighted by Gasteiger charge is -2.18. The number of nitrogens with one attached hydrogen (secondary N) is 2. The summed E-state index contributed by atoms with van der Waals surface area (Å²) in [5.74, 6) is 1.31. The smallest absolute Gasteiger partial charge is 0.171 e. The van der Waals surface area contributed by atoms with Crippen LogP contribution in [0, 0.1) is 6.92 Å². The summed E-state index contributed by atoms with van der Waals surface area (Å²) in [6.45, 7) is 7.03. The number of rotatable bonds is 4. The Morgan fingerprint density at radius 1 is 1.25 bits per heavy atom. The zero-order chi connectivity index (χ0) is 14.5. The normalized spacial score (nSPS) is 10.6. The summed E-state index contributed by atoms with van der Waals surface area (Å²) in [7, 11) is 0. The molecule has 0 spiro atoms.